The number of fused-ring (bicyclic) bond motifs is 2. The number of rotatable bonds is 7. The van der Waals surface area contributed by atoms with Gasteiger partial charge < -0.3 is 14.8 Å². The summed E-state index contributed by atoms with van der Waals surface area (Å²) in [6.45, 7) is 5.67. The summed E-state index contributed by atoms with van der Waals surface area (Å²) in [6.07, 6.45) is 1.46. The van der Waals surface area contributed by atoms with Crippen molar-refractivity contribution < 1.29 is 23.9 Å². The van der Waals surface area contributed by atoms with Crippen molar-refractivity contribution in [2.24, 2.45) is 5.92 Å². The molecular weight excluding hydrogens is 556 g/mol. The number of carbonyl (C=O) groups is 3. The summed E-state index contributed by atoms with van der Waals surface area (Å²) in [5.74, 6) is -1.12. The number of ether oxygens (including phenoxy) is 2. The number of hydrogen-bond acceptors (Lipinski definition) is 8. The molecule has 0 unspecified atom stereocenters. The maximum Gasteiger partial charge on any atom is 0.341 e. The van der Waals surface area contributed by atoms with E-state index in [2.05, 4.69) is 17.2 Å². The summed E-state index contributed by atoms with van der Waals surface area (Å²) in [4.78, 5) is 45.9. The van der Waals surface area contributed by atoms with Gasteiger partial charge in [0.25, 0.3) is 5.91 Å². The zero-order valence-corrected chi connectivity index (χ0v) is 24.1. The van der Waals surface area contributed by atoms with Crippen LogP contribution in [-0.2, 0) is 27.1 Å². The first kappa shape index (κ1) is 27.3. The highest BCUT2D eigenvalue weighted by Crippen LogP contribution is 2.40. The highest BCUT2D eigenvalue weighted by atomic mass is 35.5. The van der Waals surface area contributed by atoms with Crippen LogP contribution in [0.5, 0.6) is 0 Å². The van der Waals surface area contributed by atoms with Crippen LogP contribution in [0.4, 0.5) is 5.00 Å². The minimum atomic E-state index is -1.11. The highest BCUT2D eigenvalue weighted by Gasteiger charge is 2.30. The molecule has 7 nitrogen and oxygen atoms in total. The van der Waals surface area contributed by atoms with Crippen LogP contribution in [0.25, 0.3) is 21.5 Å². The number of nitrogens with zero attached hydrogens (tertiary/aromatic N) is 1. The van der Waals surface area contributed by atoms with E-state index in [-0.39, 0.29) is 6.61 Å². The number of pyridine rings is 1. The molecule has 2 atom stereocenters. The van der Waals surface area contributed by atoms with Gasteiger partial charge in [0.2, 0.25) is 0 Å². The number of amides is 1. The molecule has 5 rings (SSSR count). The van der Waals surface area contributed by atoms with Crippen molar-refractivity contribution in [1.82, 2.24) is 4.98 Å². The molecule has 39 heavy (non-hydrogen) atoms. The van der Waals surface area contributed by atoms with Gasteiger partial charge in [0.05, 0.1) is 38.2 Å². The quantitative estimate of drug-likeness (QED) is 0.232. The first-order valence-electron chi connectivity index (χ1n) is 12.7. The third-order valence-electron chi connectivity index (χ3n) is 6.64. The Bertz CT molecular complexity index is 1580. The van der Waals surface area contributed by atoms with Crippen molar-refractivity contribution in [2.75, 3.05) is 11.9 Å². The number of esters is 2. The van der Waals surface area contributed by atoms with Crippen LogP contribution in [0.2, 0.25) is 4.34 Å². The Kier molecular flexibility index (Phi) is 8.02. The lowest BCUT2D eigenvalue weighted by atomic mass is 9.88. The van der Waals surface area contributed by atoms with Gasteiger partial charge in [-0.1, -0.05) is 36.7 Å². The molecule has 0 radical (unpaired) electrons. The normalized spacial score (nSPS) is 15.4. The van der Waals surface area contributed by atoms with Gasteiger partial charge >= 0.3 is 11.9 Å². The Balaban J connectivity index is 1.39. The number of para-hydroxylation sites is 1. The SMILES string of the molecule is CCOC(=O)c1c(NC(=O)[C@H](C)OC(=O)c2cc(-c3ccc(Cl)s3)nc3ccccc23)sc2c1CC[C@@H](C)C2. The van der Waals surface area contributed by atoms with Gasteiger partial charge in [-0.15, -0.1) is 22.7 Å². The zero-order chi connectivity index (χ0) is 27.7. The van der Waals surface area contributed by atoms with E-state index in [1.54, 1.807) is 25.1 Å². The minimum Gasteiger partial charge on any atom is -0.462 e. The van der Waals surface area contributed by atoms with E-state index in [4.69, 9.17) is 21.1 Å². The predicted molar refractivity (Wildman–Crippen MR) is 155 cm³/mol. The molecule has 3 aromatic heterocycles. The van der Waals surface area contributed by atoms with Crippen molar-refractivity contribution in [3.05, 3.63) is 68.4 Å². The summed E-state index contributed by atoms with van der Waals surface area (Å²) in [5.41, 5.74) is 2.87. The molecule has 0 aliphatic heterocycles. The smallest absolute Gasteiger partial charge is 0.341 e. The van der Waals surface area contributed by atoms with Gasteiger partial charge in [-0.05, 0) is 68.9 Å². The van der Waals surface area contributed by atoms with Crippen LogP contribution >= 0.6 is 34.3 Å². The van der Waals surface area contributed by atoms with Gasteiger partial charge in [0.1, 0.15) is 5.00 Å². The number of hydrogen-bond donors (Lipinski definition) is 1. The van der Waals surface area contributed by atoms with Crippen molar-refractivity contribution in [1.29, 1.82) is 0 Å². The van der Waals surface area contributed by atoms with E-state index in [0.29, 0.717) is 43.0 Å². The van der Waals surface area contributed by atoms with Crippen molar-refractivity contribution >= 4 is 68.0 Å². The number of anilines is 1. The maximum atomic E-state index is 13.3. The zero-order valence-electron chi connectivity index (χ0n) is 21.7. The van der Waals surface area contributed by atoms with Gasteiger partial charge in [-0.25, -0.2) is 14.6 Å². The van der Waals surface area contributed by atoms with Crippen molar-refractivity contribution in [2.45, 2.75) is 46.1 Å². The topological polar surface area (TPSA) is 94.6 Å². The molecule has 10 heteroatoms. The van der Waals surface area contributed by atoms with Crippen LogP contribution in [0.15, 0.2) is 42.5 Å². The second kappa shape index (κ2) is 11.5. The summed E-state index contributed by atoms with van der Waals surface area (Å²) < 4.78 is 11.5. The number of aromatic nitrogens is 1. The van der Waals surface area contributed by atoms with Crippen molar-refractivity contribution in [3.8, 4) is 10.6 Å². The Labute approximate surface area is 239 Å². The van der Waals surface area contributed by atoms with Gasteiger partial charge in [0, 0.05) is 10.3 Å². The molecule has 1 aliphatic rings. The molecule has 0 saturated heterocycles. The first-order chi connectivity index (χ1) is 18.7. The van der Waals surface area contributed by atoms with E-state index >= 15 is 0 Å². The highest BCUT2D eigenvalue weighted by molar-refractivity contribution is 7.19. The summed E-state index contributed by atoms with van der Waals surface area (Å²) in [5, 5.41) is 3.89. The van der Waals surface area contributed by atoms with Gasteiger partial charge in [0.15, 0.2) is 6.10 Å². The minimum absolute atomic E-state index is 0.237. The largest absolute Gasteiger partial charge is 0.462 e. The molecule has 0 spiro atoms. The fourth-order valence-electron chi connectivity index (χ4n) is 4.67. The van der Waals surface area contributed by atoms with Gasteiger partial charge in [-0.2, -0.15) is 0 Å². The molecule has 0 fully saturated rings. The number of benzene rings is 1. The van der Waals surface area contributed by atoms with E-state index in [1.165, 1.54) is 29.6 Å². The molecule has 1 aromatic carbocycles. The fraction of sp³-hybridized carbons (Fsp3) is 0.310. The second-order valence-corrected chi connectivity index (χ2v) is 12.3. The van der Waals surface area contributed by atoms with Crippen molar-refractivity contribution in [3.63, 3.8) is 0 Å². The molecule has 3 heterocycles. The molecule has 0 saturated carbocycles. The Morgan fingerprint density at radius 1 is 1.15 bits per heavy atom. The molecular formula is C29H27ClN2O5S2. The summed E-state index contributed by atoms with van der Waals surface area (Å²) in [7, 11) is 0. The fourth-order valence-corrected chi connectivity index (χ4v) is 7.08. The molecule has 202 valence electrons. The van der Waals surface area contributed by atoms with E-state index < -0.39 is 23.9 Å². The van der Waals surface area contributed by atoms with Crippen LogP contribution in [-0.4, -0.2) is 35.5 Å². The van der Waals surface area contributed by atoms with Crippen LogP contribution < -0.4 is 5.32 Å². The molecule has 1 amide bonds. The summed E-state index contributed by atoms with van der Waals surface area (Å²) >= 11 is 8.87. The average molecular weight is 583 g/mol. The van der Waals surface area contributed by atoms with E-state index in [9.17, 15) is 14.4 Å². The first-order valence-corrected chi connectivity index (χ1v) is 14.7. The number of thiophene rings is 2. The van der Waals surface area contributed by atoms with Crippen LogP contribution in [0.3, 0.4) is 0 Å². The van der Waals surface area contributed by atoms with E-state index in [1.807, 2.05) is 24.3 Å². The molecule has 1 N–H and O–H groups in total. The van der Waals surface area contributed by atoms with E-state index in [0.717, 1.165) is 34.6 Å². The number of nitrogens with one attached hydrogen (secondary N) is 1. The predicted octanol–water partition coefficient (Wildman–Crippen LogP) is 7.16. The standard InChI is InChI=1S/C29H27ClN2O5S2/c1-4-36-29(35)25-18-10-9-15(2)13-23(18)39-27(25)32-26(33)16(3)37-28(34)19-14-21(22-11-12-24(30)38-22)31-20-8-6-5-7-17(19)20/h5-8,11-12,14-16H,4,9-10,13H2,1-3H3,(H,32,33)/t15-,16+/m1/s1. The molecule has 4 aromatic rings. The lowest BCUT2D eigenvalue weighted by Crippen LogP contribution is -2.30. The molecule has 0 bridgehead atoms. The Morgan fingerprint density at radius 2 is 1.95 bits per heavy atom. The lowest BCUT2D eigenvalue weighted by molar-refractivity contribution is -0.123. The third-order valence-corrected chi connectivity index (χ3v) is 9.07. The number of carbonyl (C=O) groups excluding carboxylic acids is 3. The maximum absolute atomic E-state index is 13.3. The van der Waals surface area contributed by atoms with Gasteiger partial charge in [-0.3, -0.25) is 4.79 Å². The second-order valence-electron chi connectivity index (χ2n) is 9.49. The third kappa shape index (κ3) is 5.71. The van der Waals surface area contributed by atoms with Crippen LogP contribution in [0, 0.1) is 5.92 Å². The molecule has 1 aliphatic carbocycles. The lowest BCUT2D eigenvalue weighted by Gasteiger charge is -2.18. The Hall–Kier alpha value is -3.27. The monoisotopic (exact) mass is 582 g/mol. The van der Waals surface area contributed by atoms with Crippen LogP contribution in [0.1, 0.15) is 58.3 Å². The summed E-state index contributed by atoms with van der Waals surface area (Å²) in [6, 6.07) is 12.5. The average Bonchev–Trinajstić information content (AvgIpc) is 3.50. The number of halogens is 1. The Morgan fingerprint density at radius 3 is 2.69 bits per heavy atom.